The van der Waals surface area contributed by atoms with E-state index in [0.717, 1.165) is 12.8 Å². The molecular formula is C29H36F3N5O2. The van der Waals surface area contributed by atoms with Crippen molar-refractivity contribution in [2.75, 3.05) is 26.2 Å². The van der Waals surface area contributed by atoms with Crippen LogP contribution in [0, 0.1) is 17.0 Å². The normalized spacial score (nSPS) is 15.8. The Bertz CT molecular complexity index is 1270. The van der Waals surface area contributed by atoms with Crippen LogP contribution in [0.4, 0.5) is 18.0 Å². The van der Waals surface area contributed by atoms with E-state index in [1.54, 1.807) is 40.1 Å². The lowest BCUT2D eigenvalue weighted by Gasteiger charge is -2.40. The van der Waals surface area contributed by atoms with Gasteiger partial charge < -0.3 is 15.1 Å². The van der Waals surface area contributed by atoms with Crippen LogP contribution in [0.2, 0.25) is 0 Å². The van der Waals surface area contributed by atoms with Crippen molar-refractivity contribution in [1.82, 2.24) is 19.5 Å². The van der Waals surface area contributed by atoms with Crippen LogP contribution in [-0.2, 0) is 11.4 Å². The molecule has 1 amide bonds. The third-order valence-corrected chi connectivity index (χ3v) is 6.70. The number of alkyl halides is 1. The molecule has 39 heavy (non-hydrogen) atoms. The van der Waals surface area contributed by atoms with E-state index in [9.17, 15) is 18.0 Å². The largest absolute Gasteiger partial charge is 0.429 e. The van der Waals surface area contributed by atoms with E-state index in [0.29, 0.717) is 35.7 Å². The summed E-state index contributed by atoms with van der Waals surface area (Å²) in [6, 6.07) is 11.5. The molecule has 0 spiro atoms. The standard InChI is InChI=1S/C29H36F3N5O2/c1-29(2,3)26(37(18-24(32)16-33)28(38)39-36-12-4-5-13-36)27-34-25(21-9-7-11-23(31)15-21)19-35(27)17-20-8-6-10-22(30)14-20/h6-11,14-15,19,24,26H,4-5,12-13,16-18,33H2,1-3H3/t24-,26-/m0/s1. The van der Waals surface area contributed by atoms with Gasteiger partial charge in [-0.05, 0) is 48.1 Å². The van der Waals surface area contributed by atoms with Crippen molar-refractivity contribution in [1.29, 1.82) is 0 Å². The number of hydrogen-bond acceptors (Lipinski definition) is 5. The SMILES string of the molecule is CC(C)(C)[C@H](c1nc(-c2cccc(F)c2)cn1Cc1cccc(F)c1)N(C[C@@H](F)CN)C(=O)ON1CCCC1. The minimum absolute atomic E-state index is 0.229. The number of hydrogen-bond donors (Lipinski definition) is 1. The van der Waals surface area contributed by atoms with Crippen molar-refractivity contribution in [3.63, 3.8) is 0 Å². The minimum Gasteiger partial charge on any atom is -0.351 e. The molecule has 2 heterocycles. The topological polar surface area (TPSA) is 76.6 Å². The fourth-order valence-corrected chi connectivity index (χ4v) is 4.90. The fourth-order valence-electron chi connectivity index (χ4n) is 4.90. The van der Waals surface area contributed by atoms with Gasteiger partial charge in [-0.15, -0.1) is 5.06 Å². The van der Waals surface area contributed by atoms with Gasteiger partial charge in [-0.3, -0.25) is 4.90 Å². The Kier molecular flexibility index (Phi) is 8.97. The van der Waals surface area contributed by atoms with E-state index < -0.39 is 29.5 Å². The van der Waals surface area contributed by atoms with Gasteiger partial charge in [0.1, 0.15) is 23.6 Å². The molecule has 2 aromatic carbocycles. The molecular weight excluding hydrogens is 507 g/mol. The molecule has 3 aromatic rings. The van der Waals surface area contributed by atoms with Crippen molar-refractivity contribution in [2.24, 2.45) is 11.1 Å². The number of hydroxylamine groups is 2. The Balaban J connectivity index is 1.83. The van der Waals surface area contributed by atoms with Crippen molar-refractivity contribution in [3.8, 4) is 11.3 Å². The van der Waals surface area contributed by atoms with Crippen LogP contribution in [0.3, 0.4) is 0 Å². The lowest BCUT2D eigenvalue weighted by molar-refractivity contribution is -0.105. The van der Waals surface area contributed by atoms with Crippen LogP contribution < -0.4 is 5.73 Å². The van der Waals surface area contributed by atoms with Crippen LogP contribution >= 0.6 is 0 Å². The number of halogens is 3. The van der Waals surface area contributed by atoms with E-state index in [1.807, 2.05) is 20.8 Å². The predicted octanol–water partition coefficient (Wildman–Crippen LogP) is 5.71. The van der Waals surface area contributed by atoms with Crippen LogP contribution in [0.5, 0.6) is 0 Å². The molecule has 0 aliphatic carbocycles. The molecule has 1 fully saturated rings. The zero-order valence-corrected chi connectivity index (χ0v) is 22.6. The second-order valence-electron chi connectivity index (χ2n) is 11.0. The van der Waals surface area contributed by atoms with Gasteiger partial charge in [0.2, 0.25) is 0 Å². The molecule has 0 bridgehead atoms. The summed E-state index contributed by atoms with van der Waals surface area (Å²) in [6.45, 7) is 6.64. The number of aromatic nitrogens is 2. The number of amides is 1. The molecule has 0 radical (unpaired) electrons. The molecule has 1 aliphatic rings. The molecule has 1 aliphatic heterocycles. The lowest BCUT2D eigenvalue weighted by atomic mass is 9.84. The lowest BCUT2D eigenvalue weighted by Crippen LogP contribution is -2.48. The molecule has 0 saturated carbocycles. The summed E-state index contributed by atoms with van der Waals surface area (Å²) in [5, 5.41) is 1.59. The summed E-state index contributed by atoms with van der Waals surface area (Å²) in [4.78, 5) is 25.4. The number of nitrogens with zero attached hydrogens (tertiary/aromatic N) is 4. The quantitative estimate of drug-likeness (QED) is 0.374. The molecule has 2 atom stereocenters. The van der Waals surface area contributed by atoms with Crippen molar-refractivity contribution < 1.29 is 22.8 Å². The molecule has 1 aromatic heterocycles. The van der Waals surface area contributed by atoms with Crippen LogP contribution in [0.25, 0.3) is 11.3 Å². The smallest absolute Gasteiger partial charge is 0.351 e. The highest BCUT2D eigenvalue weighted by Crippen LogP contribution is 2.40. The summed E-state index contributed by atoms with van der Waals surface area (Å²) in [5.74, 6) is -0.361. The van der Waals surface area contributed by atoms with E-state index in [4.69, 9.17) is 15.6 Å². The Morgan fingerprint density at radius 2 is 1.77 bits per heavy atom. The van der Waals surface area contributed by atoms with Crippen molar-refractivity contribution in [3.05, 3.63) is 77.8 Å². The first kappa shape index (κ1) is 28.6. The Morgan fingerprint density at radius 3 is 2.38 bits per heavy atom. The second-order valence-corrected chi connectivity index (χ2v) is 11.0. The Morgan fingerprint density at radius 1 is 1.10 bits per heavy atom. The Labute approximate surface area is 227 Å². The summed E-state index contributed by atoms with van der Waals surface area (Å²) < 4.78 is 44.8. The minimum atomic E-state index is -1.49. The monoisotopic (exact) mass is 543 g/mol. The van der Waals surface area contributed by atoms with Crippen LogP contribution in [0.15, 0.2) is 54.7 Å². The Hall–Kier alpha value is -3.37. The summed E-state index contributed by atoms with van der Waals surface area (Å²) in [7, 11) is 0. The molecule has 0 unspecified atom stereocenters. The molecule has 2 N–H and O–H groups in total. The summed E-state index contributed by atoms with van der Waals surface area (Å²) >= 11 is 0. The van der Waals surface area contributed by atoms with Crippen molar-refractivity contribution in [2.45, 2.75) is 52.4 Å². The number of carbonyl (C=O) groups excluding carboxylic acids is 1. The molecule has 7 nitrogen and oxygen atoms in total. The van der Waals surface area contributed by atoms with Gasteiger partial charge in [0.15, 0.2) is 0 Å². The molecule has 210 valence electrons. The maximum absolute atomic E-state index is 14.8. The number of nitrogens with two attached hydrogens (primary N) is 1. The average molecular weight is 544 g/mol. The van der Waals surface area contributed by atoms with E-state index >= 15 is 0 Å². The van der Waals surface area contributed by atoms with Gasteiger partial charge in [0.05, 0.1) is 18.3 Å². The number of imidazole rings is 1. The number of benzene rings is 2. The van der Waals surface area contributed by atoms with E-state index in [2.05, 4.69) is 0 Å². The number of carbonyl (C=O) groups is 1. The number of rotatable bonds is 9. The van der Waals surface area contributed by atoms with E-state index in [1.165, 1.54) is 29.2 Å². The van der Waals surface area contributed by atoms with Gasteiger partial charge in [0.25, 0.3) is 0 Å². The van der Waals surface area contributed by atoms with Crippen LogP contribution in [0.1, 0.15) is 51.0 Å². The van der Waals surface area contributed by atoms with Gasteiger partial charge >= 0.3 is 6.09 Å². The van der Waals surface area contributed by atoms with Gasteiger partial charge in [0, 0.05) is 37.9 Å². The third kappa shape index (κ3) is 7.19. The maximum atomic E-state index is 14.8. The van der Waals surface area contributed by atoms with Gasteiger partial charge in [-0.1, -0.05) is 45.0 Å². The summed E-state index contributed by atoms with van der Waals surface area (Å²) in [6.07, 6.45) is 1.36. The van der Waals surface area contributed by atoms with Crippen molar-refractivity contribution >= 4 is 6.09 Å². The maximum Gasteiger partial charge on any atom is 0.429 e. The first-order chi connectivity index (χ1) is 18.5. The van der Waals surface area contributed by atoms with Gasteiger partial charge in [-0.2, -0.15) is 0 Å². The van der Waals surface area contributed by atoms with E-state index in [-0.39, 0.29) is 25.5 Å². The first-order valence-corrected chi connectivity index (χ1v) is 13.2. The molecule has 10 heteroatoms. The highest BCUT2D eigenvalue weighted by atomic mass is 19.1. The zero-order valence-electron chi connectivity index (χ0n) is 22.6. The second kappa shape index (κ2) is 12.2. The highest BCUT2D eigenvalue weighted by molar-refractivity contribution is 5.68. The predicted molar refractivity (Wildman–Crippen MR) is 143 cm³/mol. The average Bonchev–Trinajstić information content (AvgIpc) is 3.53. The van der Waals surface area contributed by atoms with Gasteiger partial charge in [-0.25, -0.2) is 22.9 Å². The fraction of sp³-hybridized carbons (Fsp3) is 0.448. The third-order valence-electron chi connectivity index (χ3n) is 6.70. The van der Waals surface area contributed by atoms with Crippen LogP contribution in [-0.4, -0.2) is 58.0 Å². The highest BCUT2D eigenvalue weighted by Gasteiger charge is 2.41. The molecule has 1 saturated heterocycles. The summed E-state index contributed by atoms with van der Waals surface area (Å²) in [5.41, 5.74) is 6.66. The first-order valence-electron chi connectivity index (χ1n) is 13.2. The zero-order chi connectivity index (χ0) is 28.2. The molecule has 4 rings (SSSR count).